The molecule has 0 radical (unpaired) electrons. The van der Waals surface area contributed by atoms with Gasteiger partial charge in [-0.05, 0) is 36.4 Å². The normalized spacial score (nSPS) is 11.8. The summed E-state index contributed by atoms with van der Waals surface area (Å²) in [6.07, 6.45) is 14.8. The van der Waals surface area contributed by atoms with E-state index in [4.69, 9.17) is 4.98 Å². The average molecular weight is 413 g/mol. The van der Waals surface area contributed by atoms with Crippen molar-refractivity contribution < 1.29 is 0 Å². The smallest absolute Gasteiger partial charge is 0.140 e. The fourth-order valence-corrected chi connectivity index (χ4v) is 4.57. The van der Waals surface area contributed by atoms with Gasteiger partial charge >= 0.3 is 0 Å². The molecule has 0 spiro atoms. The minimum Gasteiger partial charge on any atom is -0.293 e. The predicted molar refractivity (Wildman–Crippen MR) is 124 cm³/mol. The summed E-state index contributed by atoms with van der Waals surface area (Å²) in [6.45, 7) is 0. The highest BCUT2D eigenvalue weighted by Gasteiger charge is 2.16. The van der Waals surface area contributed by atoms with Gasteiger partial charge in [-0.15, -0.1) is 0 Å². The second kappa shape index (κ2) is 6.42. The molecule has 0 saturated carbocycles. The molecule has 32 heavy (non-hydrogen) atoms. The molecular weight excluding hydrogens is 398 g/mol. The lowest BCUT2D eigenvalue weighted by molar-refractivity contribution is 1.01. The minimum absolute atomic E-state index is 0.831. The molecule has 0 aromatic carbocycles. The zero-order valence-corrected chi connectivity index (χ0v) is 16.8. The lowest BCUT2D eigenvalue weighted by atomic mass is 10.2. The Bertz CT molecular complexity index is 1560. The largest absolute Gasteiger partial charge is 0.293 e. The van der Waals surface area contributed by atoms with E-state index >= 15 is 0 Å². The third-order valence-electron chi connectivity index (χ3n) is 5.91. The third-order valence-corrected chi connectivity index (χ3v) is 5.91. The number of hydrogen-bond acceptors (Lipinski definition) is 5. The van der Waals surface area contributed by atoms with Crippen molar-refractivity contribution in [3.8, 4) is 11.6 Å². The first kappa shape index (κ1) is 17.1. The highest BCUT2D eigenvalue weighted by molar-refractivity contribution is 6.09. The summed E-state index contributed by atoms with van der Waals surface area (Å²) in [5.74, 6) is 1.66. The highest BCUT2D eigenvalue weighted by Crippen LogP contribution is 2.32. The average Bonchev–Trinajstić information content (AvgIpc) is 3.37. The number of pyridine rings is 5. The van der Waals surface area contributed by atoms with Gasteiger partial charge in [0.05, 0.1) is 22.1 Å². The molecule has 0 unspecified atom stereocenters. The van der Waals surface area contributed by atoms with Crippen LogP contribution in [0.25, 0.3) is 55.2 Å². The van der Waals surface area contributed by atoms with Gasteiger partial charge in [-0.25, -0.2) is 4.98 Å². The molecule has 7 aromatic rings. The number of fused-ring (bicyclic) bond motifs is 6. The van der Waals surface area contributed by atoms with Gasteiger partial charge in [0.2, 0.25) is 0 Å². The molecule has 7 nitrogen and oxygen atoms in total. The van der Waals surface area contributed by atoms with E-state index in [9.17, 15) is 0 Å². The van der Waals surface area contributed by atoms with Gasteiger partial charge in [-0.2, -0.15) is 0 Å². The van der Waals surface area contributed by atoms with Crippen LogP contribution < -0.4 is 0 Å². The van der Waals surface area contributed by atoms with E-state index in [1.54, 1.807) is 0 Å². The monoisotopic (exact) mass is 413 g/mol. The summed E-state index contributed by atoms with van der Waals surface area (Å²) in [6, 6.07) is 14.2. The van der Waals surface area contributed by atoms with Gasteiger partial charge in [-0.3, -0.25) is 29.1 Å². The van der Waals surface area contributed by atoms with Crippen LogP contribution in [0, 0.1) is 0 Å². The summed E-state index contributed by atoms with van der Waals surface area (Å²) < 4.78 is 4.32. The molecule has 0 saturated heterocycles. The minimum atomic E-state index is 0.831. The lowest BCUT2D eigenvalue weighted by Gasteiger charge is -2.11. The molecule has 0 aliphatic rings. The Labute approximate surface area is 181 Å². The standard InChI is InChI=1S/C25H15N7/c1-2-24(31-20-4-8-26-12-16(20)17-13-27-9-5-21(17)31)30-25(3-1)32-22-6-10-28-14-18(22)19-15-29-11-7-23(19)32/h1-15H. The van der Waals surface area contributed by atoms with Crippen LogP contribution in [0.15, 0.2) is 92.0 Å². The molecule has 0 N–H and O–H groups in total. The van der Waals surface area contributed by atoms with Crippen LogP contribution in [0.1, 0.15) is 0 Å². The fourth-order valence-electron chi connectivity index (χ4n) is 4.57. The molecule has 7 heterocycles. The van der Waals surface area contributed by atoms with Crippen LogP contribution in [0.2, 0.25) is 0 Å². The lowest BCUT2D eigenvalue weighted by Crippen LogP contribution is -2.03. The SMILES string of the molecule is c1cc(-n2c3ccncc3c3cnccc32)nc(-n2c3ccncc3c3cnccc32)c1. The molecular formula is C25H15N7. The fraction of sp³-hybridized carbons (Fsp3) is 0. The van der Waals surface area contributed by atoms with Crippen LogP contribution in [0.3, 0.4) is 0 Å². The van der Waals surface area contributed by atoms with E-state index in [2.05, 4.69) is 29.1 Å². The highest BCUT2D eigenvalue weighted by atomic mass is 15.1. The summed E-state index contributed by atoms with van der Waals surface area (Å²) in [5.41, 5.74) is 4.18. The summed E-state index contributed by atoms with van der Waals surface area (Å²) in [7, 11) is 0. The van der Waals surface area contributed by atoms with Crippen LogP contribution in [0.5, 0.6) is 0 Å². The molecule has 7 heteroatoms. The van der Waals surface area contributed by atoms with Crippen molar-refractivity contribution in [2.24, 2.45) is 0 Å². The van der Waals surface area contributed by atoms with Crippen molar-refractivity contribution in [2.45, 2.75) is 0 Å². The second-order valence-electron chi connectivity index (χ2n) is 7.60. The summed E-state index contributed by atoms with van der Waals surface area (Å²) >= 11 is 0. The van der Waals surface area contributed by atoms with Crippen molar-refractivity contribution in [1.82, 2.24) is 34.1 Å². The predicted octanol–water partition coefficient (Wildman–Crippen LogP) is 4.86. The van der Waals surface area contributed by atoms with Gasteiger partial charge in [0.1, 0.15) is 11.6 Å². The Morgan fingerprint density at radius 1 is 0.438 bits per heavy atom. The first-order valence-electron chi connectivity index (χ1n) is 10.2. The van der Waals surface area contributed by atoms with E-state index < -0.39 is 0 Å². The van der Waals surface area contributed by atoms with Gasteiger partial charge < -0.3 is 0 Å². The number of nitrogens with zero attached hydrogens (tertiary/aromatic N) is 7. The van der Waals surface area contributed by atoms with E-state index in [1.165, 1.54) is 0 Å². The molecule has 0 atom stereocenters. The van der Waals surface area contributed by atoms with Crippen molar-refractivity contribution in [3.05, 3.63) is 92.0 Å². The number of hydrogen-bond donors (Lipinski definition) is 0. The molecule has 7 aromatic heterocycles. The van der Waals surface area contributed by atoms with E-state index in [0.29, 0.717) is 0 Å². The van der Waals surface area contributed by atoms with E-state index in [1.807, 2.05) is 92.0 Å². The van der Waals surface area contributed by atoms with Crippen molar-refractivity contribution in [2.75, 3.05) is 0 Å². The van der Waals surface area contributed by atoms with Crippen molar-refractivity contribution in [3.63, 3.8) is 0 Å². The first-order valence-corrected chi connectivity index (χ1v) is 10.2. The molecule has 0 aliphatic carbocycles. The molecule has 7 rings (SSSR count). The van der Waals surface area contributed by atoms with E-state index in [0.717, 1.165) is 55.2 Å². The zero-order chi connectivity index (χ0) is 21.1. The quantitative estimate of drug-likeness (QED) is 0.405. The van der Waals surface area contributed by atoms with Crippen LogP contribution in [-0.4, -0.2) is 34.1 Å². The number of rotatable bonds is 2. The van der Waals surface area contributed by atoms with Gasteiger partial charge in [0.15, 0.2) is 0 Å². The Morgan fingerprint density at radius 3 is 1.12 bits per heavy atom. The van der Waals surface area contributed by atoms with Gasteiger partial charge in [0, 0.05) is 71.1 Å². The zero-order valence-electron chi connectivity index (χ0n) is 16.8. The second-order valence-corrected chi connectivity index (χ2v) is 7.60. The molecule has 0 amide bonds. The van der Waals surface area contributed by atoms with Gasteiger partial charge in [-0.1, -0.05) is 6.07 Å². The Kier molecular flexibility index (Phi) is 3.43. The maximum absolute atomic E-state index is 5.10. The topological polar surface area (TPSA) is 74.3 Å². The van der Waals surface area contributed by atoms with Gasteiger partial charge in [0.25, 0.3) is 0 Å². The van der Waals surface area contributed by atoms with Crippen LogP contribution in [0.4, 0.5) is 0 Å². The summed E-state index contributed by atoms with van der Waals surface area (Å²) in [4.78, 5) is 22.4. The maximum Gasteiger partial charge on any atom is 0.140 e. The molecule has 150 valence electrons. The number of aromatic nitrogens is 7. The molecule has 0 aliphatic heterocycles. The van der Waals surface area contributed by atoms with Crippen LogP contribution in [-0.2, 0) is 0 Å². The Morgan fingerprint density at radius 2 is 0.781 bits per heavy atom. The Hall–Kier alpha value is -4.65. The molecule has 0 fully saturated rings. The van der Waals surface area contributed by atoms with Crippen molar-refractivity contribution in [1.29, 1.82) is 0 Å². The van der Waals surface area contributed by atoms with Crippen molar-refractivity contribution >= 4 is 43.6 Å². The third kappa shape index (κ3) is 2.27. The summed E-state index contributed by atoms with van der Waals surface area (Å²) in [5, 5.41) is 4.21. The van der Waals surface area contributed by atoms with Crippen LogP contribution >= 0.6 is 0 Å². The molecule has 0 bridgehead atoms. The van der Waals surface area contributed by atoms with E-state index in [-0.39, 0.29) is 0 Å². The Balaban J connectivity index is 1.55. The maximum atomic E-state index is 5.10. The first-order chi connectivity index (χ1) is 15.9.